The van der Waals surface area contributed by atoms with Gasteiger partial charge in [-0.25, -0.2) is 0 Å². The SMILES string of the molecule is CC.CN/C=C(\CCc1cc(C=O)n(C)c1)NC(=O)c1cc(NC)cn1C.CNCCCN(C)C.Cn1cc(N)cc1C=O.NC=O. The summed E-state index contributed by atoms with van der Waals surface area (Å²) in [5.41, 5.74) is 14.7. The maximum Gasteiger partial charge on any atom is 0.272 e. The van der Waals surface area contributed by atoms with Crippen LogP contribution in [0.5, 0.6) is 0 Å². The molecule has 0 saturated heterocycles. The van der Waals surface area contributed by atoms with Crippen molar-refractivity contribution in [1.82, 2.24) is 34.6 Å². The van der Waals surface area contributed by atoms with Gasteiger partial charge in [-0.05, 0) is 77.3 Å². The highest BCUT2D eigenvalue weighted by molar-refractivity contribution is 5.95. The Hall–Kier alpha value is -4.82. The molecule has 0 saturated carbocycles. The molecule has 0 atom stereocenters. The van der Waals surface area contributed by atoms with Gasteiger partial charge in [0.25, 0.3) is 5.91 Å². The molecule has 264 valence electrons. The van der Waals surface area contributed by atoms with E-state index in [1.54, 1.807) is 52.3 Å². The number of allylic oxidation sites excluding steroid dienone is 1. The number of anilines is 2. The van der Waals surface area contributed by atoms with E-state index in [9.17, 15) is 14.4 Å². The maximum absolute atomic E-state index is 12.5. The van der Waals surface area contributed by atoms with E-state index in [0.29, 0.717) is 29.2 Å². The number of rotatable bonds is 13. The van der Waals surface area contributed by atoms with Crippen LogP contribution in [0.25, 0.3) is 0 Å². The van der Waals surface area contributed by atoms with E-state index < -0.39 is 0 Å². The highest BCUT2D eigenvalue weighted by atomic mass is 16.2. The zero-order chi connectivity index (χ0) is 36.4. The molecule has 3 rings (SSSR count). The Morgan fingerprint density at radius 3 is 1.87 bits per heavy atom. The number of hydrogen-bond donors (Lipinski definition) is 6. The van der Waals surface area contributed by atoms with Gasteiger partial charge in [0.15, 0.2) is 12.6 Å². The molecule has 0 aliphatic heterocycles. The van der Waals surface area contributed by atoms with Crippen molar-refractivity contribution in [2.24, 2.45) is 26.9 Å². The minimum absolute atomic E-state index is 0.160. The Bertz CT molecular complexity index is 1340. The van der Waals surface area contributed by atoms with Crippen LogP contribution in [0.3, 0.4) is 0 Å². The van der Waals surface area contributed by atoms with E-state index in [1.807, 2.05) is 60.5 Å². The van der Waals surface area contributed by atoms with Crippen LogP contribution in [0.1, 0.15) is 63.7 Å². The minimum Gasteiger partial charge on any atom is -0.397 e. The molecule has 2 amide bonds. The Morgan fingerprint density at radius 1 is 0.894 bits per heavy atom. The number of hydrogen-bond acceptors (Lipinski definition) is 9. The molecule has 3 aromatic heterocycles. The van der Waals surface area contributed by atoms with E-state index in [4.69, 9.17) is 10.5 Å². The Balaban J connectivity index is 0. The van der Waals surface area contributed by atoms with Crippen LogP contribution in [-0.2, 0) is 32.4 Å². The standard InChI is InChI=1S/C18H25N5O2.C6H8N2O.C6H16N2.C2H6.CH3NO/c1-19-9-14(6-5-13-7-16(12-24)22(3)10-13)21-18(25)17-8-15(20-2)11-23(17)4;1-8-3-5(7)2-6(8)4-9;1-7-5-4-6-8(2)3;1-2;2-1-3/h7-12,19-20H,5-6H2,1-4H3,(H,21,25);2-4H,7H2,1H3;7H,4-6H2,1-3H3;1-2H3;1H,(H2,2,3)/b14-9+;;;;. The number of carbonyl (C=O) groups excluding carboxylic acids is 4. The first-order valence-corrected chi connectivity index (χ1v) is 15.3. The van der Waals surface area contributed by atoms with Crippen LogP contribution in [0.2, 0.25) is 0 Å². The molecule has 0 unspecified atom stereocenters. The summed E-state index contributed by atoms with van der Waals surface area (Å²) in [6.45, 7) is 6.30. The molecular weight excluding hydrogens is 600 g/mol. The molecule has 3 aromatic rings. The minimum atomic E-state index is -0.160. The molecule has 0 bridgehead atoms. The number of aryl methyl sites for hydroxylation is 4. The summed E-state index contributed by atoms with van der Waals surface area (Å²) in [6, 6.07) is 5.30. The number of carbonyl (C=O) groups is 4. The van der Waals surface area contributed by atoms with Crippen molar-refractivity contribution < 1.29 is 19.2 Å². The molecule has 8 N–H and O–H groups in total. The van der Waals surface area contributed by atoms with E-state index in [-0.39, 0.29) is 12.3 Å². The van der Waals surface area contributed by atoms with Gasteiger partial charge in [-0.1, -0.05) is 13.8 Å². The predicted molar refractivity (Wildman–Crippen MR) is 193 cm³/mol. The Kier molecular flexibility index (Phi) is 24.9. The highest BCUT2D eigenvalue weighted by Gasteiger charge is 2.13. The fourth-order valence-corrected chi connectivity index (χ4v) is 3.96. The highest BCUT2D eigenvalue weighted by Crippen LogP contribution is 2.14. The molecule has 0 spiro atoms. The number of amides is 2. The maximum atomic E-state index is 12.5. The second-order valence-electron chi connectivity index (χ2n) is 10.2. The van der Waals surface area contributed by atoms with Crippen molar-refractivity contribution in [3.05, 3.63) is 71.3 Å². The van der Waals surface area contributed by atoms with Gasteiger partial charge in [0.1, 0.15) is 5.69 Å². The molecule has 14 heteroatoms. The first-order chi connectivity index (χ1) is 22.4. The first-order valence-electron chi connectivity index (χ1n) is 15.3. The van der Waals surface area contributed by atoms with Crippen molar-refractivity contribution in [3.8, 4) is 0 Å². The molecule has 0 aliphatic carbocycles. The lowest BCUT2D eigenvalue weighted by Crippen LogP contribution is -2.26. The summed E-state index contributed by atoms with van der Waals surface area (Å²) in [7, 11) is 15.2. The molecule has 0 radical (unpaired) electrons. The van der Waals surface area contributed by atoms with Crippen molar-refractivity contribution in [2.45, 2.75) is 33.1 Å². The lowest BCUT2D eigenvalue weighted by atomic mass is 10.1. The number of primary amides is 1. The molecular formula is C33H58N10O4. The first kappa shape index (κ1) is 44.3. The summed E-state index contributed by atoms with van der Waals surface area (Å²) in [5.74, 6) is -0.160. The van der Waals surface area contributed by atoms with Gasteiger partial charge in [0.2, 0.25) is 6.41 Å². The largest absolute Gasteiger partial charge is 0.397 e. The number of nitrogen functional groups attached to an aromatic ring is 1. The van der Waals surface area contributed by atoms with Gasteiger partial charge in [0, 0.05) is 65.7 Å². The zero-order valence-electron chi connectivity index (χ0n) is 29.9. The van der Waals surface area contributed by atoms with Crippen molar-refractivity contribution in [1.29, 1.82) is 0 Å². The third-order valence-corrected chi connectivity index (χ3v) is 6.24. The molecule has 3 heterocycles. The van der Waals surface area contributed by atoms with E-state index in [1.165, 1.54) is 13.0 Å². The third-order valence-electron chi connectivity index (χ3n) is 6.24. The average Bonchev–Trinajstić information content (AvgIpc) is 3.72. The summed E-state index contributed by atoms with van der Waals surface area (Å²) < 4.78 is 5.26. The Labute approximate surface area is 280 Å². The topological polar surface area (TPSA) is 186 Å². The molecule has 14 nitrogen and oxygen atoms in total. The van der Waals surface area contributed by atoms with Crippen LogP contribution in [-0.4, -0.2) is 91.8 Å². The summed E-state index contributed by atoms with van der Waals surface area (Å²) in [5, 5.41) is 12.0. The van der Waals surface area contributed by atoms with Crippen molar-refractivity contribution in [2.75, 3.05) is 59.4 Å². The zero-order valence-corrected chi connectivity index (χ0v) is 29.9. The second kappa shape index (κ2) is 26.4. The lowest BCUT2D eigenvalue weighted by Gasteiger charge is -2.10. The normalized spacial score (nSPS) is 9.98. The van der Waals surface area contributed by atoms with Gasteiger partial charge >= 0.3 is 0 Å². The third kappa shape index (κ3) is 18.7. The van der Waals surface area contributed by atoms with Gasteiger partial charge in [-0.3, -0.25) is 19.2 Å². The molecule has 0 fully saturated rings. The van der Waals surface area contributed by atoms with Crippen LogP contribution in [0.15, 0.2) is 48.7 Å². The number of aldehydes is 2. The molecule has 47 heavy (non-hydrogen) atoms. The fraction of sp³-hybridized carbons (Fsp3) is 0.455. The van der Waals surface area contributed by atoms with E-state index in [2.05, 4.69) is 46.0 Å². The van der Waals surface area contributed by atoms with Crippen molar-refractivity contribution in [3.63, 3.8) is 0 Å². The number of nitrogens with one attached hydrogen (secondary N) is 4. The smallest absolute Gasteiger partial charge is 0.272 e. The van der Waals surface area contributed by atoms with Crippen LogP contribution in [0.4, 0.5) is 11.4 Å². The number of aromatic nitrogens is 3. The van der Waals surface area contributed by atoms with Gasteiger partial charge in [-0.2, -0.15) is 0 Å². The number of nitrogens with zero attached hydrogens (tertiary/aromatic N) is 4. The van der Waals surface area contributed by atoms with Gasteiger partial charge < -0.3 is 51.3 Å². The summed E-state index contributed by atoms with van der Waals surface area (Å²) >= 11 is 0. The number of nitrogens with two attached hydrogens (primary N) is 2. The van der Waals surface area contributed by atoms with Crippen LogP contribution >= 0.6 is 0 Å². The lowest BCUT2D eigenvalue weighted by molar-refractivity contribution is -0.106. The van der Waals surface area contributed by atoms with Crippen molar-refractivity contribution >= 4 is 36.3 Å². The quantitative estimate of drug-likeness (QED) is 0.118. The predicted octanol–water partition coefficient (Wildman–Crippen LogP) is 2.35. The molecule has 0 aliphatic rings. The van der Waals surface area contributed by atoms with Gasteiger partial charge in [-0.15, -0.1) is 0 Å². The summed E-state index contributed by atoms with van der Waals surface area (Å²) in [6.07, 6.45) is 11.8. The fourth-order valence-electron chi connectivity index (χ4n) is 3.96. The molecule has 0 aromatic carbocycles. The second-order valence-corrected chi connectivity index (χ2v) is 10.2. The van der Waals surface area contributed by atoms with Gasteiger partial charge in [0.05, 0.1) is 22.8 Å². The van der Waals surface area contributed by atoms with E-state index in [0.717, 1.165) is 42.5 Å². The average molecular weight is 659 g/mol. The van der Waals surface area contributed by atoms with E-state index >= 15 is 0 Å². The van der Waals surface area contributed by atoms with Crippen LogP contribution < -0.4 is 32.7 Å². The van der Waals surface area contributed by atoms with Crippen LogP contribution in [0, 0.1) is 0 Å². The monoisotopic (exact) mass is 658 g/mol. The summed E-state index contributed by atoms with van der Waals surface area (Å²) in [4.78, 5) is 44.4. The Morgan fingerprint density at radius 2 is 1.47 bits per heavy atom.